The quantitative estimate of drug-likeness (QED) is 0.866. The average Bonchev–Trinajstić information content (AvgIpc) is 2.95. The maximum Gasteiger partial charge on any atom is 0.287 e. The molecule has 0 saturated heterocycles. The summed E-state index contributed by atoms with van der Waals surface area (Å²) in [6, 6.07) is 7.19. The van der Waals surface area contributed by atoms with Gasteiger partial charge in [-0.2, -0.15) is 0 Å². The van der Waals surface area contributed by atoms with Crippen molar-refractivity contribution >= 4 is 17.5 Å². The van der Waals surface area contributed by atoms with E-state index >= 15 is 0 Å². The summed E-state index contributed by atoms with van der Waals surface area (Å²) in [4.78, 5) is 11.9. The second-order valence-corrected chi connectivity index (χ2v) is 5.32. The van der Waals surface area contributed by atoms with Crippen LogP contribution in [0.25, 0.3) is 0 Å². The van der Waals surface area contributed by atoms with Crippen LogP contribution in [-0.4, -0.2) is 11.9 Å². The molecule has 118 valence electrons. The fraction of sp³-hybridized carbons (Fsp3) is 0.312. The highest BCUT2D eigenvalue weighted by Gasteiger charge is 2.13. The van der Waals surface area contributed by atoms with E-state index in [1.807, 2.05) is 13.8 Å². The molecule has 0 aliphatic heterocycles. The number of carbonyl (C=O) groups excluding carboxylic acids is 1. The Bertz CT molecular complexity index is 657. The second kappa shape index (κ2) is 7.31. The molecule has 1 N–H and O–H groups in total. The highest BCUT2D eigenvalue weighted by Crippen LogP contribution is 2.25. The molecule has 1 aromatic heterocycles. The molecule has 0 aliphatic carbocycles. The molecule has 2 rings (SSSR count). The van der Waals surface area contributed by atoms with E-state index in [0.717, 1.165) is 6.42 Å². The van der Waals surface area contributed by atoms with E-state index in [9.17, 15) is 9.18 Å². The third kappa shape index (κ3) is 4.24. The van der Waals surface area contributed by atoms with Crippen LogP contribution in [0.4, 0.5) is 4.39 Å². The lowest BCUT2D eigenvalue weighted by atomic mass is 10.2. The number of benzene rings is 1. The highest BCUT2D eigenvalue weighted by molar-refractivity contribution is 6.32. The summed E-state index contributed by atoms with van der Waals surface area (Å²) >= 11 is 5.86. The zero-order valence-electron chi connectivity index (χ0n) is 12.4. The third-order valence-electron chi connectivity index (χ3n) is 3.14. The minimum atomic E-state index is -0.431. The van der Waals surface area contributed by atoms with Gasteiger partial charge in [-0.25, -0.2) is 4.39 Å². The molecule has 1 unspecified atom stereocenters. The van der Waals surface area contributed by atoms with Crippen LogP contribution in [-0.2, 0) is 6.61 Å². The first kappa shape index (κ1) is 16.4. The van der Waals surface area contributed by atoms with Gasteiger partial charge in [0.05, 0.1) is 5.02 Å². The van der Waals surface area contributed by atoms with Crippen molar-refractivity contribution in [2.45, 2.75) is 32.9 Å². The number of carbonyl (C=O) groups is 1. The van der Waals surface area contributed by atoms with E-state index in [1.54, 1.807) is 12.1 Å². The van der Waals surface area contributed by atoms with Gasteiger partial charge in [-0.3, -0.25) is 4.79 Å². The van der Waals surface area contributed by atoms with E-state index in [4.69, 9.17) is 20.8 Å². The van der Waals surface area contributed by atoms with Gasteiger partial charge in [0.15, 0.2) is 5.76 Å². The number of rotatable bonds is 6. The lowest BCUT2D eigenvalue weighted by Crippen LogP contribution is -2.31. The Morgan fingerprint density at radius 1 is 1.41 bits per heavy atom. The van der Waals surface area contributed by atoms with Gasteiger partial charge in [-0.1, -0.05) is 18.5 Å². The first-order valence-corrected chi connectivity index (χ1v) is 7.34. The summed E-state index contributed by atoms with van der Waals surface area (Å²) in [5.74, 6) is 0.364. The van der Waals surface area contributed by atoms with Crippen molar-refractivity contribution in [2.24, 2.45) is 0 Å². The van der Waals surface area contributed by atoms with E-state index in [0.29, 0.717) is 11.5 Å². The van der Waals surface area contributed by atoms with Crippen LogP contribution in [0.5, 0.6) is 5.75 Å². The van der Waals surface area contributed by atoms with E-state index in [1.165, 1.54) is 18.2 Å². The summed E-state index contributed by atoms with van der Waals surface area (Å²) in [5.41, 5.74) is 0. The normalized spacial score (nSPS) is 12.0. The van der Waals surface area contributed by atoms with Gasteiger partial charge in [-0.05, 0) is 43.7 Å². The number of hydrogen-bond acceptors (Lipinski definition) is 3. The van der Waals surface area contributed by atoms with Crippen molar-refractivity contribution in [3.8, 4) is 5.75 Å². The van der Waals surface area contributed by atoms with Crippen molar-refractivity contribution in [3.05, 3.63) is 52.7 Å². The van der Waals surface area contributed by atoms with Gasteiger partial charge in [0.25, 0.3) is 5.91 Å². The van der Waals surface area contributed by atoms with Crippen molar-refractivity contribution < 1.29 is 18.3 Å². The van der Waals surface area contributed by atoms with Crippen molar-refractivity contribution in [2.75, 3.05) is 0 Å². The first-order valence-electron chi connectivity index (χ1n) is 6.97. The maximum absolute atomic E-state index is 12.9. The Kier molecular flexibility index (Phi) is 5.44. The van der Waals surface area contributed by atoms with Crippen molar-refractivity contribution in [1.29, 1.82) is 0 Å². The Morgan fingerprint density at radius 2 is 2.18 bits per heavy atom. The van der Waals surface area contributed by atoms with E-state index < -0.39 is 5.82 Å². The predicted molar refractivity (Wildman–Crippen MR) is 81.7 cm³/mol. The standard InChI is InChI=1S/C16H17ClFNO3/c1-3-10(2)19-16(20)15-7-5-12(22-15)9-21-14-6-4-11(18)8-13(14)17/h4-8,10H,3,9H2,1-2H3,(H,19,20). The molecule has 0 saturated carbocycles. The Morgan fingerprint density at radius 3 is 2.86 bits per heavy atom. The van der Waals surface area contributed by atoms with Gasteiger partial charge < -0.3 is 14.5 Å². The van der Waals surface area contributed by atoms with Gasteiger partial charge in [-0.15, -0.1) is 0 Å². The van der Waals surface area contributed by atoms with E-state index in [-0.39, 0.29) is 29.3 Å². The van der Waals surface area contributed by atoms with Crippen molar-refractivity contribution in [1.82, 2.24) is 5.32 Å². The highest BCUT2D eigenvalue weighted by atomic mass is 35.5. The molecule has 22 heavy (non-hydrogen) atoms. The number of halogens is 2. The molecule has 4 nitrogen and oxygen atoms in total. The predicted octanol–water partition coefficient (Wildman–Crippen LogP) is 4.18. The first-order chi connectivity index (χ1) is 10.5. The smallest absolute Gasteiger partial charge is 0.287 e. The number of amides is 1. The summed E-state index contributed by atoms with van der Waals surface area (Å²) in [7, 11) is 0. The van der Waals surface area contributed by atoms with Gasteiger partial charge in [0.1, 0.15) is 23.9 Å². The lowest BCUT2D eigenvalue weighted by Gasteiger charge is -2.09. The Labute approximate surface area is 133 Å². The number of ether oxygens (including phenoxy) is 1. The average molecular weight is 326 g/mol. The molecule has 0 spiro atoms. The maximum atomic E-state index is 12.9. The fourth-order valence-electron chi connectivity index (χ4n) is 1.72. The number of furan rings is 1. The minimum Gasteiger partial charge on any atom is -0.484 e. The van der Waals surface area contributed by atoms with Crippen LogP contribution >= 0.6 is 11.6 Å². The minimum absolute atomic E-state index is 0.0790. The van der Waals surface area contributed by atoms with E-state index in [2.05, 4.69) is 5.32 Å². The summed E-state index contributed by atoms with van der Waals surface area (Å²) in [6.45, 7) is 4.00. The van der Waals surface area contributed by atoms with Crippen LogP contribution in [0.3, 0.4) is 0 Å². The molecule has 6 heteroatoms. The zero-order valence-corrected chi connectivity index (χ0v) is 13.1. The SMILES string of the molecule is CCC(C)NC(=O)c1ccc(COc2ccc(F)cc2Cl)o1. The third-order valence-corrected chi connectivity index (χ3v) is 3.43. The molecular formula is C16H17ClFNO3. The molecule has 1 aromatic carbocycles. The van der Waals surface area contributed by atoms with Crippen LogP contribution in [0, 0.1) is 5.82 Å². The lowest BCUT2D eigenvalue weighted by molar-refractivity contribution is 0.0907. The Balaban J connectivity index is 1.96. The summed E-state index contributed by atoms with van der Waals surface area (Å²) in [6.07, 6.45) is 0.839. The molecule has 1 heterocycles. The number of nitrogens with one attached hydrogen (secondary N) is 1. The molecule has 0 bridgehead atoms. The molecule has 1 atom stereocenters. The van der Waals surface area contributed by atoms with Crippen LogP contribution in [0.15, 0.2) is 34.7 Å². The monoisotopic (exact) mass is 325 g/mol. The number of hydrogen-bond donors (Lipinski definition) is 1. The molecule has 2 aromatic rings. The van der Waals surface area contributed by atoms with Crippen LogP contribution in [0.2, 0.25) is 5.02 Å². The van der Waals surface area contributed by atoms with Crippen LogP contribution in [0.1, 0.15) is 36.6 Å². The summed E-state index contributed by atoms with van der Waals surface area (Å²) < 4.78 is 23.8. The van der Waals surface area contributed by atoms with Gasteiger partial charge >= 0.3 is 0 Å². The topological polar surface area (TPSA) is 51.5 Å². The molecular weight excluding hydrogens is 309 g/mol. The second-order valence-electron chi connectivity index (χ2n) is 4.91. The van der Waals surface area contributed by atoms with Gasteiger partial charge in [0, 0.05) is 6.04 Å². The van der Waals surface area contributed by atoms with Crippen molar-refractivity contribution in [3.63, 3.8) is 0 Å². The molecule has 0 radical (unpaired) electrons. The molecule has 0 fully saturated rings. The largest absolute Gasteiger partial charge is 0.484 e. The van der Waals surface area contributed by atoms with Crippen LogP contribution < -0.4 is 10.1 Å². The molecule has 1 amide bonds. The zero-order chi connectivity index (χ0) is 16.1. The summed E-state index contributed by atoms with van der Waals surface area (Å²) in [5, 5.41) is 2.99. The van der Waals surface area contributed by atoms with Gasteiger partial charge in [0.2, 0.25) is 0 Å². The molecule has 0 aliphatic rings. The fourth-order valence-corrected chi connectivity index (χ4v) is 1.94. The Hall–Kier alpha value is -2.01.